The van der Waals surface area contributed by atoms with E-state index in [0.29, 0.717) is 23.0 Å². The van der Waals surface area contributed by atoms with Gasteiger partial charge in [-0.05, 0) is 43.7 Å². The number of aliphatic hydroxyl groups excluding tert-OH is 1. The first-order valence-electron chi connectivity index (χ1n) is 15.9. The minimum Gasteiger partial charge on any atom is -0.446 e. The van der Waals surface area contributed by atoms with Gasteiger partial charge in [-0.15, -0.1) is 0 Å². The van der Waals surface area contributed by atoms with Crippen molar-refractivity contribution in [3.63, 3.8) is 0 Å². The molecule has 0 unspecified atom stereocenters. The smallest absolute Gasteiger partial charge is 0.408 e. The van der Waals surface area contributed by atoms with Crippen molar-refractivity contribution in [2.45, 2.75) is 98.7 Å². The van der Waals surface area contributed by atoms with Gasteiger partial charge in [-0.2, -0.15) is 0 Å². The Bertz CT molecular complexity index is 1480. The third-order valence-electron chi connectivity index (χ3n) is 7.39. The Balaban J connectivity index is 2.07. The molecule has 0 aliphatic rings. The minimum atomic E-state index is -3.75. The molecule has 2 aromatic heterocycles. The van der Waals surface area contributed by atoms with Crippen molar-refractivity contribution in [1.29, 1.82) is 0 Å². The second-order valence-corrected chi connectivity index (χ2v) is 15.0. The zero-order valence-corrected chi connectivity index (χ0v) is 29.7. The van der Waals surface area contributed by atoms with Gasteiger partial charge in [0.15, 0.2) is 5.89 Å². The van der Waals surface area contributed by atoms with E-state index in [1.54, 1.807) is 59.0 Å². The van der Waals surface area contributed by atoms with Crippen LogP contribution in [0.5, 0.6) is 0 Å². The number of amides is 4. The molecular weight excluding hydrogens is 644 g/mol. The summed E-state index contributed by atoms with van der Waals surface area (Å²) in [6, 6.07) is 2.07. The van der Waals surface area contributed by atoms with Crippen LogP contribution < -0.4 is 21.3 Å². The lowest BCUT2D eigenvalue weighted by Gasteiger charge is -2.30. The highest BCUT2D eigenvalue weighted by Gasteiger charge is 2.33. The van der Waals surface area contributed by atoms with E-state index in [0.717, 1.165) is 6.26 Å². The van der Waals surface area contributed by atoms with E-state index in [4.69, 9.17) is 9.15 Å². The summed E-state index contributed by atoms with van der Waals surface area (Å²) in [4.78, 5) is 60.3. The van der Waals surface area contributed by atoms with Gasteiger partial charge >= 0.3 is 6.09 Å². The molecule has 0 spiro atoms. The fraction of sp³-hybridized carbons (Fsp3) is 0.625. The number of hydrogen-bond donors (Lipinski definition) is 5. The molecule has 5 N–H and O–H groups in total. The van der Waals surface area contributed by atoms with E-state index < -0.39 is 63.6 Å². The summed E-state index contributed by atoms with van der Waals surface area (Å²) in [5, 5.41) is 21.7. The van der Waals surface area contributed by atoms with E-state index in [2.05, 4.69) is 31.2 Å². The Morgan fingerprint density at radius 1 is 0.958 bits per heavy atom. The minimum absolute atomic E-state index is 0.0114. The van der Waals surface area contributed by atoms with Crippen LogP contribution >= 0.6 is 0 Å². The molecule has 0 radical (unpaired) electrons. The Kier molecular flexibility index (Phi) is 15.5. The highest BCUT2D eigenvalue weighted by molar-refractivity contribution is 7.90. The van der Waals surface area contributed by atoms with Crippen molar-refractivity contribution >= 4 is 33.7 Å². The lowest BCUT2D eigenvalue weighted by molar-refractivity contribution is -0.132. The number of ether oxygens (including phenoxy) is 1. The van der Waals surface area contributed by atoms with Crippen LogP contribution in [0.1, 0.15) is 70.5 Å². The second-order valence-electron chi connectivity index (χ2n) is 12.8. The highest BCUT2D eigenvalue weighted by Crippen LogP contribution is 2.17. The van der Waals surface area contributed by atoms with E-state index in [1.807, 2.05) is 13.8 Å². The molecule has 0 aromatic carbocycles. The summed E-state index contributed by atoms with van der Waals surface area (Å²) >= 11 is 0. The van der Waals surface area contributed by atoms with Crippen LogP contribution in [0.2, 0.25) is 0 Å². The molecule has 0 saturated heterocycles. The van der Waals surface area contributed by atoms with E-state index in [1.165, 1.54) is 0 Å². The van der Waals surface area contributed by atoms with Gasteiger partial charge in [-0.3, -0.25) is 19.4 Å². The zero-order chi connectivity index (χ0) is 36.2. The van der Waals surface area contributed by atoms with Gasteiger partial charge < -0.3 is 35.5 Å². The quantitative estimate of drug-likeness (QED) is 0.151. The zero-order valence-electron chi connectivity index (χ0n) is 28.9. The molecular formula is C32H50N6O9S. The molecule has 2 heterocycles. The number of sulfone groups is 1. The molecule has 0 aliphatic carbocycles. The number of nitrogens with one attached hydrogen (secondary N) is 4. The molecule has 0 bridgehead atoms. The van der Waals surface area contributed by atoms with Gasteiger partial charge in [0.1, 0.15) is 40.0 Å². The Labute approximate surface area is 282 Å². The molecule has 16 heteroatoms. The number of aromatic nitrogens is 2. The summed E-state index contributed by atoms with van der Waals surface area (Å²) in [5.74, 6) is -2.61. The van der Waals surface area contributed by atoms with Gasteiger partial charge in [0.05, 0.1) is 30.1 Å². The number of nitrogens with zero attached hydrogens (tertiary/aromatic N) is 2. The van der Waals surface area contributed by atoms with Crippen LogP contribution in [-0.2, 0) is 42.1 Å². The van der Waals surface area contributed by atoms with Crippen LogP contribution in [-0.4, -0.2) is 83.5 Å². The number of aliphatic hydroxyl groups is 1. The van der Waals surface area contributed by atoms with Crippen LogP contribution in [0.4, 0.5) is 4.79 Å². The van der Waals surface area contributed by atoms with E-state index in [-0.39, 0.29) is 43.7 Å². The number of oxazole rings is 1. The van der Waals surface area contributed by atoms with Gasteiger partial charge in [0.2, 0.25) is 17.7 Å². The van der Waals surface area contributed by atoms with Crippen LogP contribution in [0.15, 0.2) is 28.8 Å². The molecule has 48 heavy (non-hydrogen) atoms. The van der Waals surface area contributed by atoms with E-state index >= 15 is 0 Å². The Morgan fingerprint density at radius 3 is 2.19 bits per heavy atom. The number of aryl methyl sites for hydroxylation is 2. The van der Waals surface area contributed by atoms with Gasteiger partial charge in [-0.25, -0.2) is 18.2 Å². The maximum atomic E-state index is 13.4. The lowest BCUT2D eigenvalue weighted by Crippen LogP contribution is -2.55. The van der Waals surface area contributed by atoms with Gasteiger partial charge in [0.25, 0.3) is 0 Å². The number of carbonyl (C=O) groups excluding carboxylic acids is 4. The Morgan fingerprint density at radius 2 is 1.65 bits per heavy atom. The summed E-state index contributed by atoms with van der Waals surface area (Å²) in [5.41, 5.74) is 1.03. The topological polar surface area (TPSA) is 219 Å². The van der Waals surface area contributed by atoms with Crippen molar-refractivity contribution in [3.05, 3.63) is 47.4 Å². The van der Waals surface area contributed by atoms with Gasteiger partial charge in [-0.1, -0.05) is 40.7 Å². The van der Waals surface area contributed by atoms with Crippen molar-refractivity contribution < 1.29 is 41.9 Å². The first-order chi connectivity index (χ1) is 22.4. The fourth-order valence-corrected chi connectivity index (χ4v) is 5.71. The molecule has 2 rings (SSSR count). The number of pyridine rings is 1. The average Bonchev–Trinajstić information content (AvgIpc) is 3.32. The standard InChI is InChI=1S/C32H50N6O9S/c1-18(2)13-24(36-30(41)26(17-48(8,44)45)37-32(43)46-16-25-21(6)47-22(7)35-25)27(39)14-20(5)29(40)38-28(19(3)4)31(42)34-15-23-11-9-10-12-33-23/h9-12,18-20,24,26-28,39H,13-17H2,1-8H3,(H,34,42)(H,36,41)(H,37,43)(H,38,40)/t20-,24-,26+,27+,28-/m1/s1. The normalized spacial score (nSPS) is 14.8. The fourth-order valence-electron chi connectivity index (χ4n) is 4.87. The summed E-state index contributed by atoms with van der Waals surface area (Å²) in [6.07, 6.45) is 0.474. The summed E-state index contributed by atoms with van der Waals surface area (Å²) in [6.45, 7) is 12.1. The Hall–Kier alpha value is -4.05. The first-order valence-corrected chi connectivity index (χ1v) is 17.9. The summed E-state index contributed by atoms with van der Waals surface area (Å²) in [7, 11) is -3.75. The predicted octanol–water partition coefficient (Wildman–Crippen LogP) is 1.70. The molecule has 2 aromatic rings. The molecule has 0 aliphatic heterocycles. The van der Waals surface area contributed by atoms with Crippen LogP contribution in [0.25, 0.3) is 0 Å². The van der Waals surface area contributed by atoms with Crippen LogP contribution in [0, 0.1) is 31.6 Å². The van der Waals surface area contributed by atoms with Crippen LogP contribution in [0.3, 0.4) is 0 Å². The third-order valence-corrected chi connectivity index (χ3v) is 8.33. The van der Waals surface area contributed by atoms with Crippen molar-refractivity contribution in [1.82, 2.24) is 31.2 Å². The monoisotopic (exact) mass is 694 g/mol. The van der Waals surface area contributed by atoms with Gasteiger partial charge in [0, 0.05) is 25.3 Å². The average molecular weight is 695 g/mol. The number of hydrogen-bond acceptors (Lipinski definition) is 11. The molecule has 15 nitrogen and oxygen atoms in total. The molecule has 5 atom stereocenters. The molecule has 0 saturated carbocycles. The number of carbonyl (C=O) groups is 4. The predicted molar refractivity (Wildman–Crippen MR) is 177 cm³/mol. The molecule has 4 amide bonds. The highest BCUT2D eigenvalue weighted by atomic mass is 32.2. The second kappa shape index (κ2) is 18.5. The van der Waals surface area contributed by atoms with E-state index in [9.17, 15) is 32.7 Å². The first kappa shape index (κ1) is 40.1. The third kappa shape index (κ3) is 14.0. The number of alkyl carbamates (subject to hydrolysis) is 1. The number of rotatable bonds is 18. The largest absolute Gasteiger partial charge is 0.446 e. The SMILES string of the molecule is Cc1nc(COC(=O)N[C@@H](CS(C)(=O)=O)C(=O)N[C@H](CC(C)C)[C@@H](O)C[C@@H](C)C(=O)N[C@@H](C(=O)NCc2ccccn2)C(C)C)c(C)o1. The van der Waals surface area contributed by atoms with Crippen molar-refractivity contribution in [2.24, 2.45) is 17.8 Å². The molecule has 0 fully saturated rings. The van der Waals surface area contributed by atoms with Crippen molar-refractivity contribution in [3.8, 4) is 0 Å². The maximum Gasteiger partial charge on any atom is 0.408 e. The lowest BCUT2D eigenvalue weighted by atomic mass is 9.91. The van der Waals surface area contributed by atoms with Crippen molar-refractivity contribution in [2.75, 3.05) is 12.0 Å². The molecule has 268 valence electrons. The summed E-state index contributed by atoms with van der Waals surface area (Å²) < 4.78 is 34.7. The maximum absolute atomic E-state index is 13.4.